The summed E-state index contributed by atoms with van der Waals surface area (Å²) in [6.07, 6.45) is 3.34. The summed E-state index contributed by atoms with van der Waals surface area (Å²) in [5, 5.41) is 3.77. The molecule has 2 aromatic heterocycles. The van der Waals surface area contributed by atoms with Gasteiger partial charge in [-0.25, -0.2) is 4.98 Å². The number of pyridine rings is 1. The molecule has 15 heavy (non-hydrogen) atoms. The number of rotatable bonds is 4. The number of halogens is 1. The van der Waals surface area contributed by atoms with Gasteiger partial charge in [0.25, 0.3) is 0 Å². The van der Waals surface area contributed by atoms with Crippen molar-refractivity contribution in [1.82, 2.24) is 10.3 Å². The Bertz CT molecular complexity index is 414. The van der Waals surface area contributed by atoms with E-state index in [0.717, 1.165) is 11.3 Å². The predicted octanol–water partition coefficient (Wildman–Crippen LogP) is 2.62. The number of furan rings is 1. The van der Waals surface area contributed by atoms with Crippen molar-refractivity contribution in [3.63, 3.8) is 0 Å². The highest BCUT2D eigenvalue weighted by Gasteiger charge is 2.00. The van der Waals surface area contributed by atoms with Gasteiger partial charge in [-0.3, -0.25) is 0 Å². The summed E-state index contributed by atoms with van der Waals surface area (Å²) in [5.74, 6) is 0.912. The minimum atomic E-state index is 0.546. The molecule has 0 spiro atoms. The third-order valence-electron chi connectivity index (χ3n) is 2.03. The van der Waals surface area contributed by atoms with Gasteiger partial charge in [-0.15, -0.1) is 0 Å². The fraction of sp³-hybridized carbons (Fsp3) is 0.182. The van der Waals surface area contributed by atoms with Gasteiger partial charge < -0.3 is 9.73 Å². The van der Waals surface area contributed by atoms with Crippen LogP contribution in [0.4, 0.5) is 0 Å². The van der Waals surface area contributed by atoms with Crippen LogP contribution in [0.1, 0.15) is 11.3 Å². The third kappa shape index (κ3) is 2.81. The first-order chi connectivity index (χ1) is 7.36. The molecule has 2 heterocycles. The zero-order chi connectivity index (χ0) is 10.5. The second-order valence-electron chi connectivity index (χ2n) is 3.14. The van der Waals surface area contributed by atoms with Crippen molar-refractivity contribution >= 4 is 11.6 Å². The molecular formula is C11H11ClN2O. The Balaban J connectivity index is 1.86. The molecule has 0 fully saturated rings. The van der Waals surface area contributed by atoms with Crippen LogP contribution in [0.2, 0.25) is 5.15 Å². The van der Waals surface area contributed by atoms with Gasteiger partial charge in [0, 0.05) is 18.3 Å². The van der Waals surface area contributed by atoms with E-state index in [2.05, 4.69) is 10.3 Å². The topological polar surface area (TPSA) is 38.1 Å². The van der Waals surface area contributed by atoms with E-state index in [4.69, 9.17) is 16.0 Å². The van der Waals surface area contributed by atoms with Crippen molar-refractivity contribution in [3.05, 3.63) is 53.2 Å². The van der Waals surface area contributed by atoms with Gasteiger partial charge in [-0.05, 0) is 18.2 Å². The lowest BCUT2D eigenvalue weighted by molar-refractivity contribution is 0.483. The van der Waals surface area contributed by atoms with E-state index in [9.17, 15) is 0 Å². The van der Waals surface area contributed by atoms with E-state index in [1.165, 1.54) is 0 Å². The summed E-state index contributed by atoms with van der Waals surface area (Å²) in [4.78, 5) is 4.00. The average Bonchev–Trinajstić information content (AvgIpc) is 2.74. The fourth-order valence-corrected chi connectivity index (χ4v) is 1.47. The van der Waals surface area contributed by atoms with Gasteiger partial charge in [0.1, 0.15) is 10.9 Å². The molecule has 2 rings (SSSR count). The van der Waals surface area contributed by atoms with Crippen LogP contribution in [0.3, 0.4) is 0 Å². The Labute approximate surface area is 93.1 Å². The molecule has 1 N–H and O–H groups in total. The third-order valence-corrected chi connectivity index (χ3v) is 2.37. The summed E-state index contributed by atoms with van der Waals surface area (Å²) in [6.45, 7) is 1.38. The second-order valence-corrected chi connectivity index (χ2v) is 3.49. The quantitative estimate of drug-likeness (QED) is 0.809. The Morgan fingerprint density at radius 2 is 2.20 bits per heavy atom. The van der Waals surface area contributed by atoms with Crippen LogP contribution in [0, 0.1) is 0 Å². The molecular weight excluding hydrogens is 212 g/mol. The molecule has 0 unspecified atom stereocenters. The largest absolute Gasteiger partial charge is 0.468 e. The highest BCUT2D eigenvalue weighted by molar-refractivity contribution is 6.30. The number of nitrogens with one attached hydrogen (secondary N) is 1. The Morgan fingerprint density at radius 1 is 1.27 bits per heavy atom. The maximum atomic E-state index is 5.91. The Morgan fingerprint density at radius 3 is 2.93 bits per heavy atom. The van der Waals surface area contributed by atoms with Gasteiger partial charge >= 0.3 is 0 Å². The van der Waals surface area contributed by atoms with Crippen molar-refractivity contribution in [2.24, 2.45) is 0 Å². The molecule has 0 atom stereocenters. The number of hydrogen-bond acceptors (Lipinski definition) is 3. The first kappa shape index (κ1) is 10.2. The van der Waals surface area contributed by atoms with Crippen molar-refractivity contribution in [2.45, 2.75) is 13.1 Å². The molecule has 0 radical (unpaired) electrons. The van der Waals surface area contributed by atoms with E-state index in [1.54, 1.807) is 12.5 Å². The van der Waals surface area contributed by atoms with Crippen LogP contribution in [-0.4, -0.2) is 4.98 Å². The molecule has 0 saturated carbocycles. The molecule has 2 aromatic rings. The molecule has 0 amide bonds. The van der Waals surface area contributed by atoms with Gasteiger partial charge in [0.05, 0.1) is 12.8 Å². The maximum Gasteiger partial charge on any atom is 0.133 e. The van der Waals surface area contributed by atoms with Crippen molar-refractivity contribution in [1.29, 1.82) is 0 Å². The molecule has 78 valence electrons. The van der Waals surface area contributed by atoms with Crippen LogP contribution in [0.15, 0.2) is 41.1 Å². The van der Waals surface area contributed by atoms with Gasteiger partial charge in [0.15, 0.2) is 0 Å². The first-order valence-corrected chi connectivity index (χ1v) is 5.06. The molecule has 0 aliphatic heterocycles. The first-order valence-electron chi connectivity index (χ1n) is 4.69. The molecule has 4 heteroatoms. The molecule has 0 aliphatic rings. The number of nitrogens with zero attached hydrogens (tertiary/aromatic N) is 1. The predicted molar refractivity (Wildman–Crippen MR) is 58.5 cm³/mol. The normalized spacial score (nSPS) is 10.5. The summed E-state index contributed by atoms with van der Waals surface area (Å²) >= 11 is 5.91. The van der Waals surface area contributed by atoms with Crippen molar-refractivity contribution in [3.8, 4) is 0 Å². The minimum absolute atomic E-state index is 0.546. The lowest BCUT2D eigenvalue weighted by Crippen LogP contribution is -2.12. The second kappa shape index (κ2) is 4.96. The highest BCUT2D eigenvalue weighted by atomic mass is 35.5. The standard InChI is InChI=1S/C11H11ClN2O/c12-11-9(3-1-5-14-11)7-13-8-10-4-2-6-15-10/h1-6,13H,7-8H2. The van der Waals surface area contributed by atoms with E-state index in [1.807, 2.05) is 24.3 Å². The van der Waals surface area contributed by atoms with Crippen LogP contribution >= 0.6 is 11.6 Å². The van der Waals surface area contributed by atoms with E-state index in [0.29, 0.717) is 18.2 Å². The minimum Gasteiger partial charge on any atom is -0.468 e. The Hall–Kier alpha value is -1.32. The van der Waals surface area contributed by atoms with Gasteiger partial charge in [0.2, 0.25) is 0 Å². The van der Waals surface area contributed by atoms with Crippen LogP contribution < -0.4 is 5.32 Å². The lowest BCUT2D eigenvalue weighted by atomic mass is 10.3. The average molecular weight is 223 g/mol. The lowest BCUT2D eigenvalue weighted by Gasteiger charge is -2.03. The summed E-state index contributed by atoms with van der Waals surface area (Å²) in [7, 11) is 0. The fourth-order valence-electron chi connectivity index (χ4n) is 1.28. The van der Waals surface area contributed by atoms with Crippen LogP contribution in [0.5, 0.6) is 0 Å². The number of hydrogen-bond donors (Lipinski definition) is 1. The summed E-state index contributed by atoms with van der Waals surface area (Å²) < 4.78 is 5.19. The molecule has 0 saturated heterocycles. The molecule has 0 bridgehead atoms. The molecule has 0 aliphatic carbocycles. The summed E-state index contributed by atoms with van der Waals surface area (Å²) in [5.41, 5.74) is 0.991. The molecule has 0 aromatic carbocycles. The SMILES string of the molecule is Clc1ncccc1CNCc1ccco1. The zero-order valence-corrected chi connectivity index (χ0v) is 8.87. The smallest absolute Gasteiger partial charge is 0.133 e. The highest BCUT2D eigenvalue weighted by Crippen LogP contribution is 2.11. The van der Waals surface area contributed by atoms with Crippen molar-refractivity contribution in [2.75, 3.05) is 0 Å². The van der Waals surface area contributed by atoms with Crippen molar-refractivity contribution < 1.29 is 4.42 Å². The van der Waals surface area contributed by atoms with Gasteiger partial charge in [-0.1, -0.05) is 17.7 Å². The van der Waals surface area contributed by atoms with E-state index in [-0.39, 0.29) is 0 Å². The number of aromatic nitrogens is 1. The van der Waals surface area contributed by atoms with Gasteiger partial charge in [-0.2, -0.15) is 0 Å². The monoisotopic (exact) mass is 222 g/mol. The molecule has 3 nitrogen and oxygen atoms in total. The van der Waals surface area contributed by atoms with Crippen LogP contribution in [0.25, 0.3) is 0 Å². The Kier molecular flexibility index (Phi) is 3.37. The van der Waals surface area contributed by atoms with E-state index < -0.39 is 0 Å². The zero-order valence-electron chi connectivity index (χ0n) is 8.11. The maximum absolute atomic E-state index is 5.91. The van der Waals surface area contributed by atoms with Crippen LogP contribution in [-0.2, 0) is 13.1 Å². The summed E-state index contributed by atoms with van der Waals surface area (Å²) in [6, 6.07) is 7.62. The van der Waals surface area contributed by atoms with E-state index >= 15 is 0 Å².